The maximum absolute atomic E-state index is 13.0. The van der Waals surface area contributed by atoms with Crippen LogP contribution in [0.5, 0.6) is 0 Å². The van der Waals surface area contributed by atoms with Gasteiger partial charge in [-0.05, 0) is 39.4 Å². The lowest BCUT2D eigenvalue weighted by Crippen LogP contribution is -2.14. The van der Waals surface area contributed by atoms with Gasteiger partial charge in [-0.1, -0.05) is 20.8 Å². The van der Waals surface area contributed by atoms with Gasteiger partial charge in [0.1, 0.15) is 0 Å². The molecule has 0 aliphatic rings. The molecule has 1 aromatic heterocycles. The molecule has 1 heterocycles. The maximum atomic E-state index is 13.0. The molecule has 0 unspecified atom stereocenters. The van der Waals surface area contributed by atoms with E-state index in [1.807, 2.05) is 6.92 Å². The van der Waals surface area contributed by atoms with Gasteiger partial charge in [-0.2, -0.15) is 4.39 Å². The Hall–Kier alpha value is -0.440. The monoisotopic (exact) mass is 245 g/mol. The summed E-state index contributed by atoms with van der Waals surface area (Å²) in [4.78, 5) is 3.69. The van der Waals surface area contributed by atoms with Crippen LogP contribution in [0.15, 0.2) is 10.7 Å². The van der Waals surface area contributed by atoms with Crippen molar-refractivity contribution >= 4 is 15.9 Å². The Morgan fingerprint density at radius 3 is 2.38 bits per heavy atom. The van der Waals surface area contributed by atoms with E-state index in [0.29, 0.717) is 4.47 Å². The van der Waals surface area contributed by atoms with Crippen LogP contribution in [0.1, 0.15) is 31.9 Å². The summed E-state index contributed by atoms with van der Waals surface area (Å²) in [6.07, 6.45) is 1.61. The van der Waals surface area contributed by atoms with Crippen molar-refractivity contribution in [2.24, 2.45) is 0 Å². The van der Waals surface area contributed by atoms with Crippen molar-refractivity contribution in [1.29, 1.82) is 0 Å². The predicted octanol–water partition coefficient (Wildman–Crippen LogP) is 3.59. The molecule has 72 valence electrons. The molecule has 0 fully saturated rings. The number of pyridine rings is 1. The number of rotatable bonds is 0. The minimum atomic E-state index is -0.439. The van der Waals surface area contributed by atoms with E-state index in [9.17, 15) is 4.39 Å². The zero-order valence-corrected chi connectivity index (χ0v) is 9.87. The molecule has 0 bridgehead atoms. The van der Waals surface area contributed by atoms with Crippen LogP contribution in [0, 0.1) is 12.9 Å². The Morgan fingerprint density at radius 2 is 1.92 bits per heavy atom. The average Bonchev–Trinajstić information content (AvgIpc) is 1.98. The lowest BCUT2D eigenvalue weighted by Gasteiger charge is -2.21. The topological polar surface area (TPSA) is 12.9 Å². The molecule has 0 amide bonds. The molecule has 3 heteroatoms. The lowest BCUT2D eigenvalue weighted by atomic mass is 9.85. The highest BCUT2D eigenvalue weighted by Crippen LogP contribution is 2.30. The second kappa shape index (κ2) is 3.37. The molecular formula is C10H13BrFN. The van der Waals surface area contributed by atoms with Gasteiger partial charge >= 0.3 is 0 Å². The van der Waals surface area contributed by atoms with Crippen LogP contribution < -0.4 is 0 Å². The van der Waals surface area contributed by atoms with Crippen LogP contribution in [-0.2, 0) is 5.41 Å². The van der Waals surface area contributed by atoms with Gasteiger partial charge in [-0.15, -0.1) is 0 Å². The second-order valence-corrected chi connectivity index (χ2v) is 4.94. The van der Waals surface area contributed by atoms with Crippen LogP contribution in [0.3, 0.4) is 0 Å². The summed E-state index contributed by atoms with van der Waals surface area (Å²) in [5.41, 5.74) is 2.01. The van der Waals surface area contributed by atoms with Crippen LogP contribution in [-0.4, -0.2) is 4.98 Å². The zero-order valence-electron chi connectivity index (χ0n) is 8.28. The molecule has 0 aliphatic carbocycles. The van der Waals surface area contributed by atoms with Crippen molar-refractivity contribution in [2.45, 2.75) is 33.1 Å². The van der Waals surface area contributed by atoms with Crippen LogP contribution >= 0.6 is 15.9 Å². The first kappa shape index (κ1) is 10.6. The van der Waals surface area contributed by atoms with E-state index in [1.165, 1.54) is 0 Å². The van der Waals surface area contributed by atoms with Crippen LogP contribution in [0.2, 0.25) is 0 Å². The van der Waals surface area contributed by atoms with Crippen molar-refractivity contribution in [1.82, 2.24) is 4.98 Å². The lowest BCUT2D eigenvalue weighted by molar-refractivity contribution is 0.549. The summed E-state index contributed by atoms with van der Waals surface area (Å²) in [7, 11) is 0. The number of hydrogen-bond donors (Lipinski definition) is 0. The molecule has 0 saturated carbocycles. The van der Waals surface area contributed by atoms with Gasteiger partial charge in [0.25, 0.3) is 0 Å². The van der Waals surface area contributed by atoms with Crippen molar-refractivity contribution in [2.75, 3.05) is 0 Å². The SMILES string of the molecule is Cc1c(C(C)(C)C)cnc(F)c1Br. The van der Waals surface area contributed by atoms with Crippen molar-refractivity contribution in [3.63, 3.8) is 0 Å². The molecule has 0 spiro atoms. The van der Waals surface area contributed by atoms with Gasteiger partial charge in [-0.25, -0.2) is 4.98 Å². The zero-order chi connectivity index (χ0) is 10.2. The molecule has 0 radical (unpaired) electrons. The second-order valence-electron chi connectivity index (χ2n) is 4.15. The first-order valence-electron chi connectivity index (χ1n) is 4.15. The highest BCUT2D eigenvalue weighted by Gasteiger charge is 2.19. The van der Waals surface area contributed by atoms with E-state index in [2.05, 4.69) is 41.7 Å². The summed E-state index contributed by atoms with van der Waals surface area (Å²) in [5, 5.41) is 0. The Bertz CT molecular complexity index is 328. The van der Waals surface area contributed by atoms with E-state index in [0.717, 1.165) is 11.1 Å². The third-order valence-corrected chi connectivity index (χ3v) is 2.95. The van der Waals surface area contributed by atoms with Gasteiger partial charge in [0.15, 0.2) is 0 Å². The summed E-state index contributed by atoms with van der Waals surface area (Å²) >= 11 is 3.18. The van der Waals surface area contributed by atoms with E-state index in [1.54, 1.807) is 6.20 Å². The Kier molecular flexibility index (Phi) is 2.76. The maximum Gasteiger partial charge on any atom is 0.227 e. The minimum absolute atomic E-state index is 0.00725. The Morgan fingerprint density at radius 1 is 1.38 bits per heavy atom. The Balaban J connectivity index is 3.35. The fraction of sp³-hybridized carbons (Fsp3) is 0.500. The van der Waals surface area contributed by atoms with E-state index >= 15 is 0 Å². The third-order valence-electron chi connectivity index (χ3n) is 2.03. The molecule has 0 saturated heterocycles. The van der Waals surface area contributed by atoms with Crippen molar-refractivity contribution in [3.05, 3.63) is 27.7 Å². The van der Waals surface area contributed by atoms with Crippen LogP contribution in [0.25, 0.3) is 0 Å². The summed E-state index contributed by atoms with van der Waals surface area (Å²) in [6.45, 7) is 8.15. The summed E-state index contributed by atoms with van der Waals surface area (Å²) in [5.74, 6) is -0.439. The standard InChI is InChI=1S/C10H13BrFN/c1-6-7(10(2,3)4)5-13-9(12)8(6)11/h5H,1-4H3. The number of nitrogens with zero attached hydrogens (tertiary/aromatic N) is 1. The van der Waals surface area contributed by atoms with E-state index in [4.69, 9.17) is 0 Å². The first-order valence-corrected chi connectivity index (χ1v) is 4.94. The molecule has 1 rings (SSSR count). The van der Waals surface area contributed by atoms with Gasteiger partial charge in [0, 0.05) is 6.20 Å². The molecular weight excluding hydrogens is 233 g/mol. The Labute approximate surface area is 86.5 Å². The van der Waals surface area contributed by atoms with Crippen molar-refractivity contribution in [3.8, 4) is 0 Å². The highest BCUT2D eigenvalue weighted by molar-refractivity contribution is 9.10. The fourth-order valence-corrected chi connectivity index (χ4v) is 1.62. The predicted molar refractivity (Wildman–Crippen MR) is 55.3 cm³/mol. The smallest absolute Gasteiger partial charge is 0.227 e. The molecule has 1 aromatic rings. The average molecular weight is 246 g/mol. The fourth-order valence-electron chi connectivity index (χ4n) is 1.30. The molecule has 0 aromatic carbocycles. The highest BCUT2D eigenvalue weighted by atomic mass is 79.9. The molecule has 0 atom stereocenters. The van der Waals surface area contributed by atoms with E-state index in [-0.39, 0.29) is 5.41 Å². The van der Waals surface area contributed by atoms with Gasteiger partial charge in [0.2, 0.25) is 5.95 Å². The quantitative estimate of drug-likeness (QED) is 0.637. The normalized spacial score (nSPS) is 11.8. The third kappa shape index (κ3) is 2.08. The largest absolute Gasteiger partial charge is 0.227 e. The summed E-state index contributed by atoms with van der Waals surface area (Å²) in [6, 6.07) is 0. The number of halogens is 2. The van der Waals surface area contributed by atoms with Crippen molar-refractivity contribution < 1.29 is 4.39 Å². The first-order chi connectivity index (χ1) is 5.84. The van der Waals surface area contributed by atoms with Crippen LogP contribution in [0.4, 0.5) is 4.39 Å². The molecule has 0 aliphatic heterocycles. The summed E-state index contributed by atoms with van der Waals surface area (Å²) < 4.78 is 13.5. The number of hydrogen-bond acceptors (Lipinski definition) is 1. The van der Waals surface area contributed by atoms with Gasteiger partial charge in [0.05, 0.1) is 4.47 Å². The van der Waals surface area contributed by atoms with Gasteiger partial charge in [-0.3, -0.25) is 0 Å². The molecule has 1 nitrogen and oxygen atoms in total. The molecule has 13 heavy (non-hydrogen) atoms. The van der Waals surface area contributed by atoms with Gasteiger partial charge < -0.3 is 0 Å². The van der Waals surface area contributed by atoms with E-state index < -0.39 is 5.95 Å². The molecule has 0 N–H and O–H groups in total. The minimum Gasteiger partial charge on any atom is -0.227 e. The number of aromatic nitrogens is 1.